The Kier molecular flexibility index (Phi) is 3.23. The molecule has 0 aliphatic heterocycles. The number of hydrogen-bond acceptors (Lipinski definition) is 2. The molecule has 1 aromatic heterocycles. The molecule has 0 saturated carbocycles. The van der Waals surface area contributed by atoms with Crippen LogP contribution >= 0.6 is 22.6 Å². The highest BCUT2D eigenvalue weighted by atomic mass is 127. The van der Waals surface area contributed by atoms with Crippen LogP contribution in [-0.2, 0) is 7.05 Å². The smallest absolute Gasteiger partial charge is 0.275 e. The zero-order valence-electron chi connectivity index (χ0n) is 8.64. The van der Waals surface area contributed by atoms with Crippen molar-refractivity contribution in [3.05, 3.63) is 46.1 Å². The van der Waals surface area contributed by atoms with Crippen molar-refractivity contribution >= 4 is 34.2 Å². The van der Waals surface area contributed by atoms with Gasteiger partial charge in [-0.05, 0) is 46.9 Å². The summed E-state index contributed by atoms with van der Waals surface area (Å²) < 4.78 is 2.87. The maximum Gasteiger partial charge on any atom is 0.275 e. The number of aromatic nitrogens is 2. The number of hydrogen-bond donors (Lipinski definition) is 1. The predicted octanol–water partition coefficient (Wildman–Crippen LogP) is 2.28. The third-order valence-electron chi connectivity index (χ3n) is 2.04. The van der Waals surface area contributed by atoms with Gasteiger partial charge in [-0.1, -0.05) is 0 Å². The third kappa shape index (κ3) is 2.60. The zero-order valence-corrected chi connectivity index (χ0v) is 10.8. The van der Waals surface area contributed by atoms with Crippen molar-refractivity contribution in [1.29, 1.82) is 0 Å². The van der Waals surface area contributed by atoms with Gasteiger partial charge in [-0.25, -0.2) is 4.98 Å². The summed E-state index contributed by atoms with van der Waals surface area (Å²) in [5.74, 6) is -0.193. The molecule has 0 aliphatic carbocycles. The normalized spacial score (nSPS) is 10.1. The van der Waals surface area contributed by atoms with Crippen molar-refractivity contribution < 1.29 is 4.79 Å². The van der Waals surface area contributed by atoms with Gasteiger partial charge in [0.15, 0.2) is 0 Å². The van der Waals surface area contributed by atoms with Crippen LogP contribution in [0.5, 0.6) is 0 Å². The first-order valence-corrected chi connectivity index (χ1v) is 5.78. The van der Waals surface area contributed by atoms with E-state index in [0.29, 0.717) is 5.69 Å². The summed E-state index contributed by atoms with van der Waals surface area (Å²) in [6, 6.07) is 7.61. The lowest BCUT2D eigenvalue weighted by Crippen LogP contribution is -2.12. The molecule has 1 amide bonds. The summed E-state index contributed by atoms with van der Waals surface area (Å²) in [4.78, 5) is 15.7. The van der Waals surface area contributed by atoms with Crippen LogP contribution in [0.2, 0.25) is 0 Å². The van der Waals surface area contributed by atoms with Gasteiger partial charge in [-0.2, -0.15) is 0 Å². The van der Waals surface area contributed by atoms with Crippen molar-refractivity contribution in [2.45, 2.75) is 0 Å². The van der Waals surface area contributed by atoms with Crippen LogP contribution in [0.25, 0.3) is 0 Å². The van der Waals surface area contributed by atoms with Crippen LogP contribution in [0.4, 0.5) is 5.69 Å². The van der Waals surface area contributed by atoms with Gasteiger partial charge in [0, 0.05) is 22.5 Å². The minimum Gasteiger partial charge on any atom is -0.340 e. The fourth-order valence-electron chi connectivity index (χ4n) is 1.26. The molecule has 0 radical (unpaired) electrons. The molecule has 82 valence electrons. The summed E-state index contributed by atoms with van der Waals surface area (Å²) in [6.07, 6.45) is 3.28. The summed E-state index contributed by atoms with van der Waals surface area (Å²) >= 11 is 2.22. The Morgan fingerprint density at radius 1 is 1.38 bits per heavy atom. The number of imidazole rings is 1. The number of benzene rings is 1. The number of aryl methyl sites for hydroxylation is 1. The molecular weight excluding hydrogens is 317 g/mol. The number of rotatable bonds is 2. The molecule has 0 bridgehead atoms. The van der Waals surface area contributed by atoms with Crippen molar-refractivity contribution in [2.75, 3.05) is 5.32 Å². The van der Waals surface area contributed by atoms with Gasteiger partial charge in [-0.15, -0.1) is 0 Å². The first kappa shape index (κ1) is 11.1. The quantitative estimate of drug-likeness (QED) is 0.861. The molecule has 0 aliphatic rings. The number of carbonyl (C=O) groups excluding carboxylic acids is 1. The van der Waals surface area contributed by atoms with Gasteiger partial charge in [0.2, 0.25) is 0 Å². The lowest BCUT2D eigenvalue weighted by Gasteiger charge is -2.02. The van der Waals surface area contributed by atoms with Crippen LogP contribution in [0, 0.1) is 3.57 Å². The minimum atomic E-state index is -0.193. The standard InChI is InChI=1S/C11H10IN3O/c1-15-6-10(13-7-15)11(16)14-9-4-2-8(12)3-5-9/h2-7H,1H3,(H,14,16). The fraction of sp³-hybridized carbons (Fsp3) is 0.0909. The van der Waals surface area contributed by atoms with E-state index < -0.39 is 0 Å². The Bertz CT molecular complexity index is 504. The molecule has 0 fully saturated rings. The predicted molar refractivity (Wildman–Crippen MR) is 70.3 cm³/mol. The molecule has 2 aromatic rings. The van der Waals surface area contributed by atoms with E-state index in [-0.39, 0.29) is 5.91 Å². The molecule has 0 saturated heterocycles. The van der Waals surface area contributed by atoms with Crippen molar-refractivity contribution in [3.8, 4) is 0 Å². The van der Waals surface area contributed by atoms with Gasteiger partial charge in [0.05, 0.1) is 6.33 Å². The lowest BCUT2D eigenvalue weighted by molar-refractivity contribution is 0.102. The Morgan fingerprint density at radius 2 is 2.06 bits per heavy atom. The Labute approximate surface area is 107 Å². The number of amides is 1. The number of halogens is 1. The highest BCUT2D eigenvalue weighted by Gasteiger charge is 2.08. The number of nitrogens with zero attached hydrogens (tertiary/aromatic N) is 2. The van der Waals surface area contributed by atoms with E-state index in [1.807, 2.05) is 31.3 Å². The Morgan fingerprint density at radius 3 is 2.62 bits per heavy atom. The van der Waals surface area contributed by atoms with Gasteiger partial charge in [0.1, 0.15) is 5.69 Å². The van der Waals surface area contributed by atoms with Crippen LogP contribution in [0.15, 0.2) is 36.8 Å². The number of nitrogens with one attached hydrogen (secondary N) is 1. The van der Waals surface area contributed by atoms with E-state index in [4.69, 9.17) is 0 Å². The second-order valence-electron chi connectivity index (χ2n) is 3.39. The number of carbonyl (C=O) groups is 1. The fourth-order valence-corrected chi connectivity index (χ4v) is 1.62. The maximum atomic E-state index is 11.7. The van der Waals surface area contributed by atoms with Crippen LogP contribution in [-0.4, -0.2) is 15.5 Å². The lowest BCUT2D eigenvalue weighted by atomic mass is 10.3. The van der Waals surface area contributed by atoms with E-state index in [1.54, 1.807) is 17.1 Å². The minimum absolute atomic E-state index is 0.193. The van der Waals surface area contributed by atoms with Gasteiger partial charge < -0.3 is 9.88 Å². The molecule has 0 spiro atoms. The summed E-state index contributed by atoms with van der Waals surface area (Å²) in [6.45, 7) is 0. The van der Waals surface area contributed by atoms with Crippen LogP contribution in [0.3, 0.4) is 0 Å². The van der Waals surface area contributed by atoms with E-state index >= 15 is 0 Å². The highest BCUT2D eigenvalue weighted by molar-refractivity contribution is 14.1. The largest absolute Gasteiger partial charge is 0.340 e. The molecule has 4 nitrogen and oxygen atoms in total. The molecule has 0 unspecified atom stereocenters. The molecule has 1 heterocycles. The summed E-state index contributed by atoms with van der Waals surface area (Å²) in [7, 11) is 1.83. The van der Waals surface area contributed by atoms with Crippen molar-refractivity contribution in [2.24, 2.45) is 7.05 Å². The highest BCUT2D eigenvalue weighted by Crippen LogP contribution is 2.11. The van der Waals surface area contributed by atoms with Crippen molar-refractivity contribution in [1.82, 2.24) is 9.55 Å². The molecule has 1 N–H and O–H groups in total. The molecule has 1 aromatic carbocycles. The zero-order chi connectivity index (χ0) is 11.5. The molecule has 2 rings (SSSR count). The third-order valence-corrected chi connectivity index (χ3v) is 2.76. The Balaban J connectivity index is 2.10. The Hall–Kier alpha value is -1.37. The monoisotopic (exact) mass is 327 g/mol. The van der Waals surface area contributed by atoms with Gasteiger partial charge in [0.25, 0.3) is 5.91 Å². The van der Waals surface area contributed by atoms with E-state index in [2.05, 4.69) is 32.9 Å². The average Bonchev–Trinajstić information content (AvgIpc) is 2.68. The number of anilines is 1. The van der Waals surface area contributed by atoms with Gasteiger partial charge >= 0.3 is 0 Å². The first-order chi connectivity index (χ1) is 7.65. The molecular formula is C11H10IN3O. The van der Waals surface area contributed by atoms with E-state index in [0.717, 1.165) is 9.26 Å². The van der Waals surface area contributed by atoms with Gasteiger partial charge in [-0.3, -0.25) is 4.79 Å². The van der Waals surface area contributed by atoms with E-state index in [1.165, 1.54) is 0 Å². The first-order valence-electron chi connectivity index (χ1n) is 4.70. The SMILES string of the molecule is Cn1cnc(C(=O)Nc2ccc(I)cc2)c1. The maximum absolute atomic E-state index is 11.7. The average molecular weight is 327 g/mol. The van der Waals surface area contributed by atoms with Crippen LogP contribution in [0.1, 0.15) is 10.5 Å². The second-order valence-corrected chi connectivity index (χ2v) is 4.63. The molecule has 0 atom stereocenters. The molecule has 5 heteroatoms. The van der Waals surface area contributed by atoms with E-state index in [9.17, 15) is 4.79 Å². The summed E-state index contributed by atoms with van der Waals surface area (Å²) in [5, 5.41) is 2.78. The summed E-state index contributed by atoms with van der Waals surface area (Å²) in [5.41, 5.74) is 1.19. The van der Waals surface area contributed by atoms with Crippen LogP contribution < -0.4 is 5.32 Å². The molecule has 16 heavy (non-hydrogen) atoms. The second kappa shape index (κ2) is 4.65. The van der Waals surface area contributed by atoms with Crippen molar-refractivity contribution in [3.63, 3.8) is 0 Å². The topological polar surface area (TPSA) is 46.9 Å².